The maximum absolute atomic E-state index is 13.3. The minimum Gasteiger partial charge on any atom is -0.495 e. The molecule has 0 unspecified atom stereocenters. The first-order chi connectivity index (χ1) is 14.4. The number of benzene rings is 3. The number of piperazine rings is 1. The third kappa shape index (κ3) is 4.74. The third-order valence-corrected chi connectivity index (χ3v) is 6.82. The Balaban J connectivity index is 0.00000272. The Bertz CT molecular complexity index is 1160. The summed E-state index contributed by atoms with van der Waals surface area (Å²) < 4.78 is 34.5. The molecule has 3 aromatic carbocycles. The molecule has 31 heavy (non-hydrogen) atoms. The number of methoxy groups -OCH3 is 1. The van der Waals surface area contributed by atoms with Gasteiger partial charge in [0.05, 0.1) is 17.7 Å². The topological polar surface area (TPSA) is 70.7 Å². The monoisotopic (exact) mass is 461 g/mol. The van der Waals surface area contributed by atoms with Crippen molar-refractivity contribution in [3.63, 3.8) is 0 Å². The molecular formula is C23H28ClN3O3S. The lowest BCUT2D eigenvalue weighted by atomic mass is 10.1. The van der Waals surface area contributed by atoms with Crippen molar-refractivity contribution in [1.29, 1.82) is 0 Å². The van der Waals surface area contributed by atoms with E-state index in [-0.39, 0.29) is 17.3 Å². The second-order valence-corrected chi connectivity index (χ2v) is 9.46. The Labute approximate surface area is 190 Å². The van der Waals surface area contributed by atoms with Crippen LogP contribution in [-0.4, -0.2) is 40.7 Å². The van der Waals surface area contributed by atoms with Crippen LogP contribution in [0.15, 0.2) is 65.6 Å². The molecular weight excluding hydrogens is 434 g/mol. The molecule has 1 aliphatic rings. The highest BCUT2D eigenvalue weighted by molar-refractivity contribution is 7.93. The van der Waals surface area contributed by atoms with E-state index in [0.29, 0.717) is 28.9 Å². The van der Waals surface area contributed by atoms with Gasteiger partial charge in [-0.15, -0.1) is 12.4 Å². The average Bonchev–Trinajstić information content (AvgIpc) is 2.72. The summed E-state index contributed by atoms with van der Waals surface area (Å²) in [5.41, 5.74) is 1.47. The maximum atomic E-state index is 13.3. The van der Waals surface area contributed by atoms with E-state index in [1.54, 1.807) is 30.3 Å². The van der Waals surface area contributed by atoms with Crippen LogP contribution >= 0.6 is 12.4 Å². The second-order valence-electron chi connectivity index (χ2n) is 7.81. The largest absolute Gasteiger partial charge is 0.495 e. The first kappa shape index (κ1) is 23.2. The molecule has 4 rings (SSSR count). The predicted octanol–water partition coefficient (Wildman–Crippen LogP) is 4.26. The van der Waals surface area contributed by atoms with E-state index in [0.717, 1.165) is 24.2 Å². The summed E-state index contributed by atoms with van der Waals surface area (Å²) in [5.74, 6) is 0.478. The van der Waals surface area contributed by atoms with Crippen LogP contribution < -0.4 is 19.7 Å². The number of fused-ring (bicyclic) bond motifs is 1. The number of ether oxygens (including phenoxy) is 1. The van der Waals surface area contributed by atoms with Gasteiger partial charge in [-0.25, -0.2) is 8.42 Å². The quantitative estimate of drug-likeness (QED) is 0.594. The van der Waals surface area contributed by atoms with Crippen molar-refractivity contribution in [2.75, 3.05) is 29.8 Å². The van der Waals surface area contributed by atoms with Gasteiger partial charge in [0.2, 0.25) is 0 Å². The molecule has 0 bridgehead atoms. The van der Waals surface area contributed by atoms with Gasteiger partial charge >= 0.3 is 0 Å². The number of rotatable bonds is 5. The SMILES string of the molecule is COc1ccccc1NS(=O)(=O)c1ccc(N2C[C@@H](C)N[C@@H](C)C2)c2ccccc12.Cl. The van der Waals surface area contributed by atoms with Crippen LogP contribution in [0.5, 0.6) is 5.75 Å². The first-order valence-electron chi connectivity index (χ1n) is 10.1. The molecule has 0 spiro atoms. The van der Waals surface area contributed by atoms with Crippen LogP contribution in [-0.2, 0) is 10.0 Å². The van der Waals surface area contributed by atoms with Gasteiger partial charge in [0.1, 0.15) is 5.75 Å². The third-order valence-electron chi connectivity index (χ3n) is 5.40. The molecule has 6 nitrogen and oxygen atoms in total. The molecule has 1 saturated heterocycles. The van der Waals surface area contributed by atoms with Crippen LogP contribution in [0.1, 0.15) is 13.8 Å². The molecule has 3 aromatic rings. The van der Waals surface area contributed by atoms with Gasteiger partial charge in [0.15, 0.2) is 0 Å². The van der Waals surface area contributed by atoms with E-state index in [4.69, 9.17) is 4.74 Å². The lowest BCUT2D eigenvalue weighted by Crippen LogP contribution is -2.54. The highest BCUT2D eigenvalue weighted by Crippen LogP contribution is 2.34. The van der Waals surface area contributed by atoms with Gasteiger partial charge in [0, 0.05) is 41.6 Å². The van der Waals surface area contributed by atoms with Crippen molar-refractivity contribution in [3.05, 3.63) is 60.7 Å². The molecule has 0 aromatic heterocycles. The summed E-state index contributed by atoms with van der Waals surface area (Å²) in [7, 11) is -2.28. The number of para-hydroxylation sites is 2. The minimum atomic E-state index is -3.80. The number of anilines is 2. The molecule has 1 heterocycles. The van der Waals surface area contributed by atoms with Crippen LogP contribution in [0.3, 0.4) is 0 Å². The number of sulfonamides is 1. The van der Waals surface area contributed by atoms with Crippen LogP contribution in [0.25, 0.3) is 10.8 Å². The number of nitrogens with zero attached hydrogens (tertiary/aromatic N) is 1. The molecule has 0 radical (unpaired) electrons. The zero-order chi connectivity index (χ0) is 21.3. The van der Waals surface area contributed by atoms with E-state index in [1.165, 1.54) is 7.11 Å². The smallest absolute Gasteiger partial charge is 0.262 e. The van der Waals surface area contributed by atoms with E-state index in [9.17, 15) is 8.42 Å². The Hall–Kier alpha value is -2.48. The van der Waals surface area contributed by atoms with E-state index in [1.807, 2.05) is 30.3 Å². The molecule has 0 saturated carbocycles. The van der Waals surface area contributed by atoms with E-state index in [2.05, 4.69) is 28.8 Å². The van der Waals surface area contributed by atoms with Crippen molar-refractivity contribution >= 4 is 44.6 Å². The zero-order valence-corrected chi connectivity index (χ0v) is 19.5. The number of halogens is 1. The molecule has 0 aliphatic carbocycles. The van der Waals surface area contributed by atoms with Gasteiger partial charge in [-0.2, -0.15) is 0 Å². The highest BCUT2D eigenvalue weighted by Gasteiger charge is 2.25. The zero-order valence-electron chi connectivity index (χ0n) is 17.8. The Morgan fingerprint density at radius 3 is 2.23 bits per heavy atom. The summed E-state index contributed by atoms with van der Waals surface area (Å²) in [6, 6.07) is 19.0. The van der Waals surface area contributed by atoms with Gasteiger partial charge < -0.3 is 15.0 Å². The van der Waals surface area contributed by atoms with Crippen LogP contribution in [0.4, 0.5) is 11.4 Å². The van der Waals surface area contributed by atoms with Crippen molar-refractivity contribution < 1.29 is 13.2 Å². The fourth-order valence-electron chi connectivity index (χ4n) is 4.22. The summed E-state index contributed by atoms with van der Waals surface area (Å²) >= 11 is 0. The van der Waals surface area contributed by atoms with Crippen molar-refractivity contribution in [1.82, 2.24) is 5.32 Å². The molecule has 2 atom stereocenters. The predicted molar refractivity (Wildman–Crippen MR) is 129 cm³/mol. The fraction of sp³-hybridized carbons (Fsp3) is 0.304. The van der Waals surface area contributed by atoms with E-state index < -0.39 is 10.0 Å². The van der Waals surface area contributed by atoms with Gasteiger partial charge in [-0.1, -0.05) is 36.4 Å². The summed E-state index contributed by atoms with van der Waals surface area (Å²) in [5, 5.41) is 5.18. The fourth-order valence-corrected chi connectivity index (χ4v) is 5.50. The molecule has 1 aliphatic heterocycles. The molecule has 1 fully saturated rings. The molecule has 0 amide bonds. The van der Waals surface area contributed by atoms with Crippen molar-refractivity contribution in [3.8, 4) is 5.75 Å². The summed E-state index contributed by atoms with van der Waals surface area (Å²) in [6.45, 7) is 6.08. The molecule has 8 heteroatoms. The van der Waals surface area contributed by atoms with Crippen LogP contribution in [0.2, 0.25) is 0 Å². The Kier molecular flexibility index (Phi) is 6.99. The van der Waals surface area contributed by atoms with E-state index >= 15 is 0 Å². The average molecular weight is 462 g/mol. The van der Waals surface area contributed by atoms with Gasteiger partial charge in [-0.05, 0) is 38.1 Å². The lowest BCUT2D eigenvalue weighted by Gasteiger charge is -2.38. The molecule has 166 valence electrons. The van der Waals surface area contributed by atoms with Gasteiger partial charge in [-0.3, -0.25) is 4.72 Å². The number of nitrogens with one attached hydrogen (secondary N) is 2. The maximum Gasteiger partial charge on any atom is 0.262 e. The van der Waals surface area contributed by atoms with Crippen LogP contribution in [0, 0.1) is 0 Å². The Morgan fingerprint density at radius 1 is 0.935 bits per heavy atom. The van der Waals surface area contributed by atoms with Crippen molar-refractivity contribution in [2.24, 2.45) is 0 Å². The van der Waals surface area contributed by atoms with Crippen molar-refractivity contribution in [2.45, 2.75) is 30.8 Å². The number of hydrogen-bond acceptors (Lipinski definition) is 5. The summed E-state index contributed by atoms with van der Waals surface area (Å²) in [4.78, 5) is 2.59. The normalized spacial score (nSPS) is 19.0. The minimum absolute atomic E-state index is 0. The second kappa shape index (κ2) is 9.34. The summed E-state index contributed by atoms with van der Waals surface area (Å²) in [6.07, 6.45) is 0. The standard InChI is InChI=1S/C23H27N3O3S.ClH/c1-16-14-26(15-17(2)24-16)21-12-13-23(19-9-5-4-8-18(19)21)30(27,28)25-20-10-6-7-11-22(20)29-3;/h4-13,16-17,24-25H,14-15H2,1-3H3;1H/t16-,17+;. The van der Waals surface area contributed by atoms with Gasteiger partial charge in [0.25, 0.3) is 10.0 Å². The lowest BCUT2D eigenvalue weighted by molar-refractivity contribution is 0.407. The Morgan fingerprint density at radius 2 is 1.55 bits per heavy atom. The molecule has 2 N–H and O–H groups in total. The number of hydrogen-bond donors (Lipinski definition) is 2. The highest BCUT2D eigenvalue weighted by atomic mass is 35.5. The first-order valence-corrected chi connectivity index (χ1v) is 11.6.